The molecule has 1 heterocycles. The molecule has 0 amide bonds. The van der Waals surface area contributed by atoms with Gasteiger partial charge in [0, 0.05) is 12.3 Å². The molecule has 0 aliphatic rings. The molecule has 0 radical (unpaired) electrons. The lowest BCUT2D eigenvalue weighted by molar-refractivity contribution is 0.0692. The Kier molecular flexibility index (Phi) is 3.76. The molecule has 0 aliphatic carbocycles. The molecule has 0 spiro atoms. The minimum atomic E-state index is -1.49. The summed E-state index contributed by atoms with van der Waals surface area (Å²) in [6, 6.07) is 3.33. The van der Waals surface area contributed by atoms with Crippen LogP contribution in [0.25, 0.3) is 5.57 Å². The van der Waals surface area contributed by atoms with Crippen LogP contribution in [0.3, 0.4) is 0 Å². The first-order chi connectivity index (χ1) is 10.0. The number of phenols is 1. The van der Waals surface area contributed by atoms with Gasteiger partial charge in [-0.15, -0.1) is 10.2 Å². The molecule has 0 fully saturated rings. The minimum absolute atomic E-state index is 0.00468. The molecule has 10 heteroatoms. The van der Waals surface area contributed by atoms with Crippen LogP contribution in [0.15, 0.2) is 18.3 Å². The van der Waals surface area contributed by atoms with E-state index in [1.165, 1.54) is 0 Å². The van der Waals surface area contributed by atoms with Crippen LogP contribution < -0.4 is 5.32 Å². The zero-order valence-electron chi connectivity index (χ0n) is 10.2. The third-order valence-corrected chi connectivity index (χ3v) is 2.39. The van der Waals surface area contributed by atoms with Crippen LogP contribution in [0, 0.1) is 17.1 Å². The summed E-state index contributed by atoms with van der Waals surface area (Å²) in [4.78, 5) is 10.8. The molecule has 0 saturated heterocycles. The number of nitrogens with zero attached hydrogens (tertiary/aromatic N) is 4. The average Bonchev–Trinajstić information content (AvgIpc) is 2.95. The van der Waals surface area contributed by atoms with E-state index in [0.717, 1.165) is 12.3 Å². The molecular formula is C11H7FN6O3. The number of halogens is 1. The molecule has 2 rings (SSSR count). The first-order valence-electron chi connectivity index (χ1n) is 5.39. The van der Waals surface area contributed by atoms with Gasteiger partial charge in [-0.1, -0.05) is 0 Å². The number of aromatic amines is 1. The molecule has 1 aromatic heterocycles. The Morgan fingerprint density at radius 3 is 2.86 bits per heavy atom. The molecular weight excluding hydrogens is 283 g/mol. The third-order valence-electron chi connectivity index (χ3n) is 2.39. The summed E-state index contributed by atoms with van der Waals surface area (Å²) in [7, 11) is 0. The van der Waals surface area contributed by atoms with Crippen LogP contribution in [-0.2, 0) is 0 Å². The average molecular weight is 290 g/mol. The van der Waals surface area contributed by atoms with Crippen LogP contribution in [-0.4, -0.2) is 36.8 Å². The van der Waals surface area contributed by atoms with E-state index in [1.54, 1.807) is 6.07 Å². The summed E-state index contributed by atoms with van der Waals surface area (Å²) in [5.41, 5.74) is -0.740. The number of allylic oxidation sites excluding steroid dienone is 1. The second-order valence-electron chi connectivity index (χ2n) is 3.70. The van der Waals surface area contributed by atoms with Gasteiger partial charge in [-0.05, 0) is 11.3 Å². The number of aromatic hydroxyl groups is 1. The number of carbonyl (C=O) groups is 1. The van der Waals surface area contributed by atoms with Crippen LogP contribution in [0.2, 0.25) is 0 Å². The van der Waals surface area contributed by atoms with Gasteiger partial charge in [-0.2, -0.15) is 10.5 Å². The number of hydrogen-bond acceptors (Lipinski definition) is 7. The van der Waals surface area contributed by atoms with Gasteiger partial charge in [0.1, 0.15) is 23.2 Å². The summed E-state index contributed by atoms with van der Waals surface area (Å²) < 4.78 is 13.3. The second kappa shape index (κ2) is 5.66. The summed E-state index contributed by atoms with van der Waals surface area (Å²) in [5.74, 6) is -3.07. The van der Waals surface area contributed by atoms with Gasteiger partial charge in [-0.25, -0.2) is 9.18 Å². The predicted molar refractivity (Wildman–Crippen MR) is 66.4 cm³/mol. The Morgan fingerprint density at radius 1 is 1.52 bits per heavy atom. The zero-order chi connectivity index (χ0) is 15.4. The molecule has 9 nitrogen and oxygen atoms in total. The monoisotopic (exact) mass is 290 g/mol. The number of aromatic nitrogens is 4. The quantitative estimate of drug-likeness (QED) is 0.475. The lowest BCUT2D eigenvalue weighted by atomic mass is 10.1. The number of carboxylic acids is 1. The fourth-order valence-electron chi connectivity index (χ4n) is 1.41. The van der Waals surface area contributed by atoms with Crippen molar-refractivity contribution in [2.45, 2.75) is 0 Å². The first-order valence-corrected chi connectivity index (χ1v) is 5.39. The topological polar surface area (TPSA) is 148 Å². The molecule has 0 unspecified atom stereocenters. The highest BCUT2D eigenvalue weighted by atomic mass is 19.1. The maximum atomic E-state index is 13.3. The summed E-state index contributed by atoms with van der Waals surface area (Å²) in [6.07, 6.45) is 1.13. The largest absolute Gasteiger partial charge is 0.506 e. The number of nitrogens with one attached hydrogen (secondary N) is 2. The maximum absolute atomic E-state index is 13.3. The molecule has 1 aromatic carbocycles. The Labute approximate surface area is 116 Å². The van der Waals surface area contributed by atoms with E-state index in [2.05, 4.69) is 25.9 Å². The Hall–Kier alpha value is -3.48. The van der Waals surface area contributed by atoms with Gasteiger partial charge in [0.05, 0.1) is 11.3 Å². The molecule has 0 atom stereocenters. The van der Waals surface area contributed by atoms with Crippen molar-refractivity contribution in [1.82, 2.24) is 20.6 Å². The van der Waals surface area contributed by atoms with E-state index >= 15 is 0 Å². The number of rotatable bonds is 4. The van der Waals surface area contributed by atoms with Gasteiger partial charge in [-0.3, -0.25) is 0 Å². The third kappa shape index (κ3) is 2.92. The number of hydrogen-bond donors (Lipinski definition) is 4. The van der Waals surface area contributed by atoms with Crippen molar-refractivity contribution < 1.29 is 19.4 Å². The number of aromatic carboxylic acids is 1. The van der Waals surface area contributed by atoms with Gasteiger partial charge in [0.15, 0.2) is 0 Å². The number of phenolic OH excluding ortho intramolecular Hbond substituents is 1. The molecule has 21 heavy (non-hydrogen) atoms. The summed E-state index contributed by atoms with van der Waals surface area (Å²) in [5, 5.41) is 42.4. The van der Waals surface area contributed by atoms with Gasteiger partial charge >= 0.3 is 5.97 Å². The predicted octanol–water partition coefficient (Wildman–Crippen LogP) is 0.719. The van der Waals surface area contributed by atoms with Crippen LogP contribution in [0.5, 0.6) is 5.75 Å². The lowest BCUT2D eigenvalue weighted by Gasteiger charge is -2.06. The second-order valence-corrected chi connectivity index (χ2v) is 3.70. The highest BCUT2D eigenvalue weighted by Crippen LogP contribution is 2.27. The minimum Gasteiger partial charge on any atom is -0.506 e. The van der Waals surface area contributed by atoms with Gasteiger partial charge < -0.3 is 15.5 Å². The highest BCUT2D eigenvalue weighted by Gasteiger charge is 2.14. The number of tetrazole rings is 1. The lowest BCUT2D eigenvalue weighted by Crippen LogP contribution is -2.02. The summed E-state index contributed by atoms with van der Waals surface area (Å²) in [6.45, 7) is 0. The van der Waals surface area contributed by atoms with E-state index in [9.17, 15) is 14.3 Å². The highest BCUT2D eigenvalue weighted by molar-refractivity contribution is 5.90. The maximum Gasteiger partial charge on any atom is 0.338 e. The molecule has 106 valence electrons. The molecule has 2 aromatic rings. The van der Waals surface area contributed by atoms with E-state index in [4.69, 9.17) is 10.4 Å². The van der Waals surface area contributed by atoms with E-state index in [0.29, 0.717) is 6.07 Å². The number of benzene rings is 1. The Balaban J connectivity index is 2.34. The van der Waals surface area contributed by atoms with Gasteiger partial charge in [0.2, 0.25) is 5.82 Å². The Morgan fingerprint density at radius 2 is 2.29 bits per heavy atom. The van der Waals surface area contributed by atoms with Crippen molar-refractivity contribution >= 4 is 17.2 Å². The number of H-pyrrole nitrogens is 1. The molecule has 0 saturated carbocycles. The summed E-state index contributed by atoms with van der Waals surface area (Å²) >= 11 is 0. The van der Waals surface area contributed by atoms with Crippen LogP contribution >= 0.6 is 0 Å². The number of nitriles is 1. The SMILES string of the molecule is N#CC(=CNc1cc(C(=O)O)c(F)cc1O)c1nn[nH]n1. The van der Waals surface area contributed by atoms with Crippen molar-refractivity contribution in [2.24, 2.45) is 0 Å². The fourth-order valence-corrected chi connectivity index (χ4v) is 1.41. The van der Waals surface area contributed by atoms with Crippen molar-refractivity contribution in [2.75, 3.05) is 5.32 Å². The number of carboxylic acid groups (broad SMARTS) is 1. The smallest absolute Gasteiger partial charge is 0.338 e. The first kappa shape index (κ1) is 13.9. The van der Waals surface area contributed by atoms with Crippen molar-refractivity contribution in [3.63, 3.8) is 0 Å². The van der Waals surface area contributed by atoms with Crippen molar-refractivity contribution in [3.8, 4) is 11.8 Å². The molecule has 0 aliphatic heterocycles. The van der Waals surface area contributed by atoms with E-state index < -0.39 is 23.1 Å². The molecule has 0 bridgehead atoms. The van der Waals surface area contributed by atoms with E-state index in [-0.39, 0.29) is 17.1 Å². The Bertz CT molecular complexity index is 750. The van der Waals surface area contributed by atoms with Gasteiger partial charge in [0.25, 0.3) is 0 Å². The normalized spacial score (nSPS) is 11.0. The standard InChI is InChI=1S/C11H7FN6O3/c12-7-2-9(19)8(1-6(7)11(20)21)14-4-5(3-13)10-15-17-18-16-10/h1-2,4,14,19H,(H,20,21)(H,15,16,17,18). The van der Waals surface area contributed by atoms with E-state index in [1.807, 2.05) is 0 Å². The van der Waals surface area contributed by atoms with Crippen molar-refractivity contribution in [3.05, 3.63) is 35.5 Å². The van der Waals surface area contributed by atoms with Crippen LogP contribution in [0.4, 0.5) is 10.1 Å². The zero-order valence-corrected chi connectivity index (χ0v) is 10.2. The number of anilines is 1. The fraction of sp³-hybridized carbons (Fsp3) is 0. The van der Waals surface area contributed by atoms with Crippen LogP contribution in [0.1, 0.15) is 16.2 Å². The van der Waals surface area contributed by atoms with Crippen molar-refractivity contribution in [1.29, 1.82) is 5.26 Å². The molecule has 4 N–H and O–H groups in total.